The summed E-state index contributed by atoms with van der Waals surface area (Å²) in [5.41, 5.74) is 1.28. The van der Waals surface area contributed by atoms with Crippen LogP contribution in [-0.2, 0) is 0 Å². The lowest BCUT2D eigenvalue weighted by molar-refractivity contribution is 0.530. The second-order valence-electron chi connectivity index (χ2n) is 5.07. The molecule has 1 atom stereocenters. The van der Waals surface area contributed by atoms with Crippen LogP contribution < -0.4 is 5.32 Å². The molecule has 0 aromatic heterocycles. The summed E-state index contributed by atoms with van der Waals surface area (Å²) in [6, 6.07) is 7.75. The summed E-state index contributed by atoms with van der Waals surface area (Å²) in [7, 11) is 0. The summed E-state index contributed by atoms with van der Waals surface area (Å²) >= 11 is 0. The molecule has 0 amide bonds. The second kappa shape index (κ2) is 6.76. The largest absolute Gasteiger partial charge is 0.306 e. The van der Waals surface area contributed by atoms with Crippen molar-refractivity contribution in [1.29, 1.82) is 0 Å². The van der Waals surface area contributed by atoms with Gasteiger partial charge in [0.05, 0.1) is 6.04 Å². The van der Waals surface area contributed by atoms with Gasteiger partial charge >= 0.3 is 0 Å². The van der Waals surface area contributed by atoms with Crippen molar-refractivity contribution in [2.45, 2.75) is 26.3 Å². The first-order valence-corrected chi connectivity index (χ1v) is 6.97. The van der Waals surface area contributed by atoms with Crippen LogP contribution in [0.2, 0.25) is 0 Å². The van der Waals surface area contributed by atoms with Gasteiger partial charge in [-0.1, -0.05) is 25.1 Å². The monoisotopic (exact) mass is 293 g/mol. The molecular weight excluding hydrogens is 275 g/mol. The van der Waals surface area contributed by atoms with Gasteiger partial charge in [-0.2, -0.15) is 0 Å². The van der Waals surface area contributed by atoms with Gasteiger partial charge in [0.15, 0.2) is 0 Å². The van der Waals surface area contributed by atoms with Crippen molar-refractivity contribution < 1.29 is 13.2 Å². The van der Waals surface area contributed by atoms with E-state index in [-0.39, 0.29) is 5.82 Å². The fourth-order valence-electron chi connectivity index (χ4n) is 2.33. The lowest BCUT2D eigenvalue weighted by Gasteiger charge is -2.21. The highest BCUT2D eigenvalue weighted by molar-refractivity contribution is 5.36. The molecule has 0 saturated carbocycles. The number of benzene rings is 2. The average Bonchev–Trinajstić information content (AvgIpc) is 2.42. The molecule has 2 rings (SSSR count). The standard InChI is InChI=1S/C17H18F3N/c1-3-7-21-17(12-8-13(18)10-14(19)9-12)15-6-4-5-11(2)16(15)20/h4-6,8-10,17,21H,3,7H2,1-2H3. The van der Waals surface area contributed by atoms with Gasteiger partial charge in [-0.15, -0.1) is 0 Å². The minimum Gasteiger partial charge on any atom is -0.306 e. The smallest absolute Gasteiger partial charge is 0.131 e. The summed E-state index contributed by atoms with van der Waals surface area (Å²) in [5, 5.41) is 3.15. The van der Waals surface area contributed by atoms with Gasteiger partial charge in [-0.25, -0.2) is 13.2 Å². The van der Waals surface area contributed by atoms with Crippen LogP contribution in [0.3, 0.4) is 0 Å². The number of hydrogen-bond donors (Lipinski definition) is 1. The highest BCUT2D eigenvalue weighted by Crippen LogP contribution is 2.27. The van der Waals surface area contributed by atoms with Gasteiger partial charge in [-0.05, 0) is 43.1 Å². The summed E-state index contributed by atoms with van der Waals surface area (Å²) < 4.78 is 41.2. The molecule has 2 aromatic rings. The Bertz CT molecular complexity index is 605. The summed E-state index contributed by atoms with van der Waals surface area (Å²) in [4.78, 5) is 0. The molecule has 1 unspecified atom stereocenters. The van der Waals surface area contributed by atoms with Crippen molar-refractivity contribution in [3.05, 3.63) is 70.5 Å². The maximum Gasteiger partial charge on any atom is 0.131 e. The van der Waals surface area contributed by atoms with E-state index in [1.165, 1.54) is 12.1 Å². The van der Waals surface area contributed by atoms with E-state index in [0.717, 1.165) is 12.5 Å². The molecule has 0 bridgehead atoms. The highest BCUT2D eigenvalue weighted by Gasteiger charge is 2.19. The fraction of sp³-hybridized carbons (Fsp3) is 0.294. The Morgan fingerprint density at radius 3 is 2.33 bits per heavy atom. The van der Waals surface area contributed by atoms with Gasteiger partial charge < -0.3 is 5.32 Å². The Morgan fingerprint density at radius 2 is 1.71 bits per heavy atom. The van der Waals surface area contributed by atoms with Crippen LogP contribution >= 0.6 is 0 Å². The molecular formula is C17H18F3N. The quantitative estimate of drug-likeness (QED) is 0.855. The van der Waals surface area contributed by atoms with E-state index in [1.807, 2.05) is 6.92 Å². The Balaban J connectivity index is 2.49. The highest BCUT2D eigenvalue weighted by atomic mass is 19.1. The van der Waals surface area contributed by atoms with E-state index in [2.05, 4.69) is 5.32 Å². The third-order valence-electron chi connectivity index (χ3n) is 3.35. The predicted octanol–water partition coefficient (Wildman–Crippen LogP) is 4.50. The molecule has 0 spiro atoms. The van der Waals surface area contributed by atoms with Crippen molar-refractivity contribution in [1.82, 2.24) is 5.32 Å². The van der Waals surface area contributed by atoms with Crippen molar-refractivity contribution in [2.75, 3.05) is 6.54 Å². The first-order valence-electron chi connectivity index (χ1n) is 6.97. The van der Waals surface area contributed by atoms with Crippen LogP contribution in [0.1, 0.15) is 36.1 Å². The van der Waals surface area contributed by atoms with Gasteiger partial charge in [0.2, 0.25) is 0 Å². The zero-order valence-corrected chi connectivity index (χ0v) is 12.1. The molecule has 0 aliphatic rings. The number of halogens is 3. The summed E-state index contributed by atoms with van der Waals surface area (Å²) in [6.07, 6.45) is 0.835. The zero-order valence-electron chi connectivity index (χ0n) is 12.1. The molecule has 112 valence electrons. The van der Waals surface area contributed by atoms with E-state index >= 15 is 0 Å². The number of nitrogens with one attached hydrogen (secondary N) is 1. The van der Waals surface area contributed by atoms with Gasteiger partial charge in [0.25, 0.3) is 0 Å². The van der Waals surface area contributed by atoms with E-state index in [0.29, 0.717) is 23.2 Å². The van der Waals surface area contributed by atoms with Gasteiger partial charge in [0.1, 0.15) is 17.5 Å². The lowest BCUT2D eigenvalue weighted by Crippen LogP contribution is -2.24. The predicted molar refractivity (Wildman–Crippen MR) is 77.6 cm³/mol. The number of hydrogen-bond acceptors (Lipinski definition) is 1. The molecule has 0 radical (unpaired) electrons. The molecule has 2 aromatic carbocycles. The minimum atomic E-state index is -0.665. The molecule has 0 aliphatic carbocycles. The second-order valence-corrected chi connectivity index (χ2v) is 5.07. The normalized spacial score (nSPS) is 12.4. The maximum atomic E-state index is 14.3. The minimum absolute atomic E-state index is 0.351. The number of rotatable bonds is 5. The van der Waals surface area contributed by atoms with E-state index in [9.17, 15) is 13.2 Å². The third kappa shape index (κ3) is 3.64. The average molecular weight is 293 g/mol. The first kappa shape index (κ1) is 15.6. The van der Waals surface area contributed by atoms with E-state index in [1.54, 1.807) is 25.1 Å². The molecule has 1 N–H and O–H groups in total. The van der Waals surface area contributed by atoms with Crippen LogP contribution in [-0.4, -0.2) is 6.54 Å². The van der Waals surface area contributed by atoms with Crippen molar-refractivity contribution in [3.63, 3.8) is 0 Å². The molecule has 0 heterocycles. The van der Waals surface area contributed by atoms with E-state index in [4.69, 9.17) is 0 Å². The topological polar surface area (TPSA) is 12.0 Å². The molecule has 21 heavy (non-hydrogen) atoms. The SMILES string of the molecule is CCCNC(c1cc(F)cc(F)c1)c1cccc(C)c1F. The Kier molecular flexibility index (Phi) is 5.02. The van der Waals surface area contributed by atoms with E-state index < -0.39 is 17.7 Å². The molecule has 1 nitrogen and oxygen atoms in total. The summed E-state index contributed by atoms with van der Waals surface area (Å²) in [6.45, 7) is 4.26. The Hall–Kier alpha value is -1.81. The molecule has 4 heteroatoms. The van der Waals surface area contributed by atoms with Crippen LogP contribution in [0.4, 0.5) is 13.2 Å². The first-order chi connectivity index (χ1) is 10.0. The Morgan fingerprint density at radius 1 is 1.05 bits per heavy atom. The van der Waals surface area contributed by atoms with Crippen molar-refractivity contribution >= 4 is 0 Å². The summed E-state index contributed by atoms with van der Waals surface area (Å²) in [5.74, 6) is -1.68. The molecule has 0 aliphatic heterocycles. The Labute approximate surface area is 122 Å². The van der Waals surface area contributed by atoms with Crippen LogP contribution in [0.5, 0.6) is 0 Å². The fourth-order valence-corrected chi connectivity index (χ4v) is 2.33. The molecule has 0 saturated heterocycles. The van der Waals surface area contributed by atoms with Gasteiger partial charge in [-0.3, -0.25) is 0 Å². The van der Waals surface area contributed by atoms with Crippen LogP contribution in [0.25, 0.3) is 0 Å². The molecule has 0 fully saturated rings. The number of aryl methyl sites for hydroxylation is 1. The van der Waals surface area contributed by atoms with Crippen molar-refractivity contribution in [3.8, 4) is 0 Å². The maximum absolute atomic E-state index is 14.3. The lowest BCUT2D eigenvalue weighted by atomic mass is 9.96. The van der Waals surface area contributed by atoms with Crippen molar-refractivity contribution in [2.24, 2.45) is 0 Å². The van der Waals surface area contributed by atoms with Crippen LogP contribution in [0.15, 0.2) is 36.4 Å². The van der Waals surface area contributed by atoms with Gasteiger partial charge in [0, 0.05) is 11.6 Å². The van der Waals surface area contributed by atoms with Crippen LogP contribution in [0, 0.1) is 24.4 Å². The zero-order chi connectivity index (χ0) is 15.4. The third-order valence-corrected chi connectivity index (χ3v) is 3.35.